The van der Waals surface area contributed by atoms with Gasteiger partial charge in [0.15, 0.2) is 0 Å². The predicted molar refractivity (Wildman–Crippen MR) is 57.8 cm³/mol. The zero-order valence-electron chi connectivity index (χ0n) is 9.08. The third kappa shape index (κ3) is 2.95. The molecule has 0 aliphatic heterocycles. The Morgan fingerprint density at radius 1 is 1.21 bits per heavy atom. The number of benzene rings is 1. The van der Waals surface area contributed by atoms with Crippen LogP contribution < -0.4 is 4.74 Å². The molecular formula is C12H18O2. The van der Waals surface area contributed by atoms with E-state index in [4.69, 9.17) is 4.74 Å². The zero-order valence-corrected chi connectivity index (χ0v) is 9.08. The van der Waals surface area contributed by atoms with Gasteiger partial charge in [-0.25, -0.2) is 0 Å². The van der Waals surface area contributed by atoms with Crippen molar-refractivity contribution in [2.45, 2.75) is 39.7 Å². The van der Waals surface area contributed by atoms with Crippen molar-refractivity contribution in [1.29, 1.82) is 0 Å². The predicted octanol–water partition coefficient (Wildman–Crippen LogP) is 3.27. The van der Waals surface area contributed by atoms with Gasteiger partial charge in [0.2, 0.25) is 0 Å². The summed E-state index contributed by atoms with van der Waals surface area (Å²) in [4.78, 5) is 0. The SMILES string of the molecule is CCC(CC)Oc1cc(C)cc(O)c1. The minimum atomic E-state index is 0.246. The van der Waals surface area contributed by atoms with Gasteiger partial charge in [-0.2, -0.15) is 0 Å². The average Bonchev–Trinajstić information content (AvgIpc) is 2.12. The molecule has 1 aromatic carbocycles. The third-order valence-corrected chi connectivity index (χ3v) is 2.25. The van der Waals surface area contributed by atoms with Crippen molar-refractivity contribution in [3.63, 3.8) is 0 Å². The molecule has 78 valence electrons. The van der Waals surface area contributed by atoms with Crippen molar-refractivity contribution >= 4 is 0 Å². The van der Waals surface area contributed by atoms with E-state index in [1.165, 1.54) is 0 Å². The first-order valence-electron chi connectivity index (χ1n) is 5.13. The monoisotopic (exact) mass is 194 g/mol. The van der Waals surface area contributed by atoms with Crippen LogP contribution in [0.1, 0.15) is 32.3 Å². The van der Waals surface area contributed by atoms with Crippen LogP contribution in [-0.2, 0) is 0 Å². The van der Waals surface area contributed by atoms with Crippen LogP contribution in [0, 0.1) is 6.92 Å². The molecule has 1 aromatic rings. The number of hydrogen-bond acceptors (Lipinski definition) is 2. The summed E-state index contributed by atoms with van der Waals surface area (Å²) in [7, 11) is 0. The molecule has 2 nitrogen and oxygen atoms in total. The lowest BCUT2D eigenvalue weighted by Crippen LogP contribution is -2.13. The van der Waals surface area contributed by atoms with E-state index in [-0.39, 0.29) is 11.9 Å². The molecule has 0 atom stereocenters. The maximum Gasteiger partial charge on any atom is 0.123 e. The van der Waals surface area contributed by atoms with Gasteiger partial charge in [0.25, 0.3) is 0 Å². The molecule has 0 aromatic heterocycles. The van der Waals surface area contributed by atoms with E-state index in [9.17, 15) is 5.11 Å². The topological polar surface area (TPSA) is 29.5 Å². The minimum Gasteiger partial charge on any atom is -0.508 e. The Balaban J connectivity index is 2.75. The van der Waals surface area contributed by atoms with Gasteiger partial charge in [0.05, 0.1) is 6.10 Å². The Morgan fingerprint density at radius 2 is 1.86 bits per heavy atom. The lowest BCUT2D eigenvalue weighted by atomic mass is 10.2. The first-order chi connectivity index (χ1) is 6.65. The molecule has 1 N–H and O–H groups in total. The highest BCUT2D eigenvalue weighted by Crippen LogP contribution is 2.23. The number of ether oxygens (including phenoxy) is 1. The van der Waals surface area contributed by atoms with E-state index in [0.29, 0.717) is 0 Å². The van der Waals surface area contributed by atoms with Crippen LogP contribution in [0.5, 0.6) is 11.5 Å². The standard InChI is InChI=1S/C12H18O2/c1-4-11(5-2)14-12-7-9(3)6-10(13)8-12/h6-8,11,13H,4-5H2,1-3H3. The molecule has 0 unspecified atom stereocenters. The van der Waals surface area contributed by atoms with E-state index in [0.717, 1.165) is 24.2 Å². The highest BCUT2D eigenvalue weighted by molar-refractivity contribution is 5.36. The summed E-state index contributed by atoms with van der Waals surface area (Å²) in [6.45, 7) is 6.15. The number of aryl methyl sites for hydroxylation is 1. The number of aromatic hydroxyl groups is 1. The van der Waals surface area contributed by atoms with E-state index in [1.54, 1.807) is 12.1 Å². The maximum atomic E-state index is 9.37. The molecule has 0 radical (unpaired) electrons. The first kappa shape index (κ1) is 10.9. The summed E-state index contributed by atoms with van der Waals surface area (Å²) in [6, 6.07) is 5.32. The molecule has 0 bridgehead atoms. The molecule has 14 heavy (non-hydrogen) atoms. The Bertz CT molecular complexity index is 270. The van der Waals surface area contributed by atoms with Crippen LogP contribution in [0.15, 0.2) is 18.2 Å². The summed E-state index contributed by atoms with van der Waals surface area (Å²) < 4.78 is 5.71. The quantitative estimate of drug-likeness (QED) is 0.797. The molecule has 0 aliphatic carbocycles. The van der Waals surface area contributed by atoms with Gasteiger partial charge in [0, 0.05) is 6.07 Å². The third-order valence-electron chi connectivity index (χ3n) is 2.25. The van der Waals surface area contributed by atoms with Crippen molar-refractivity contribution in [1.82, 2.24) is 0 Å². The molecule has 0 amide bonds. The van der Waals surface area contributed by atoms with Gasteiger partial charge in [0.1, 0.15) is 11.5 Å². The largest absolute Gasteiger partial charge is 0.508 e. The second-order valence-corrected chi connectivity index (χ2v) is 3.56. The normalized spacial score (nSPS) is 10.6. The lowest BCUT2D eigenvalue weighted by molar-refractivity contribution is 0.192. The second kappa shape index (κ2) is 4.89. The van der Waals surface area contributed by atoms with Crippen LogP contribution in [0.3, 0.4) is 0 Å². The number of rotatable bonds is 4. The summed E-state index contributed by atoms with van der Waals surface area (Å²) in [5.41, 5.74) is 1.02. The van der Waals surface area contributed by atoms with Gasteiger partial charge in [-0.15, -0.1) is 0 Å². The van der Waals surface area contributed by atoms with Crippen LogP contribution in [0.4, 0.5) is 0 Å². The molecule has 0 heterocycles. The Labute approximate surface area is 85.5 Å². The van der Waals surface area contributed by atoms with Crippen LogP contribution in [0.2, 0.25) is 0 Å². The summed E-state index contributed by atoms with van der Waals surface area (Å²) in [6.07, 6.45) is 2.23. The first-order valence-corrected chi connectivity index (χ1v) is 5.13. The minimum absolute atomic E-state index is 0.246. The van der Waals surface area contributed by atoms with E-state index < -0.39 is 0 Å². The molecule has 2 heteroatoms. The number of phenols is 1. The van der Waals surface area contributed by atoms with Crippen molar-refractivity contribution in [3.8, 4) is 11.5 Å². The summed E-state index contributed by atoms with van der Waals surface area (Å²) in [5.74, 6) is 1.03. The fourth-order valence-electron chi connectivity index (χ4n) is 1.44. The van der Waals surface area contributed by atoms with Gasteiger partial charge in [-0.3, -0.25) is 0 Å². The zero-order chi connectivity index (χ0) is 10.6. The maximum absolute atomic E-state index is 9.37. The van der Waals surface area contributed by atoms with Gasteiger partial charge >= 0.3 is 0 Å². The van der Waals surface area contributed by atoms with E-state index in [2.05, 4.69) is 13.8 Å². The molecule has 0 spiro atoms. The van der Waals surface area contributed by atoms with Crippen LogP contribution in [0.25, 0.3) is 0 Å². The van der Waals surface area contributed by atoms with E-state index in [1.807, 2.05) is 13.0 Å². The lowest BCUT2D eigenvalue weighted by Gasteiger charge is -2.16. The highest BCUT2D eigenvalue weighted by atomic mass is 16.5. The second-order valence-electron chi connectivity index (χ2n) is 3.56. The van der Waals surface area contributed by atoms with Crippen LogP contribution >= 0.6 is 0 Å². The van der Waals surface area contributed by atoms with Gasteiger partial charge in [-0.1, -0.05) is 13.8 Å². The van der Waals surface area contributed by atoms with Crippen molar-refractivity contribution in [2.75, 3.05) is 0 Å². The van der Waals surface area contributed by atoms with Gasteiger partial charge < -0.3 is 9.84 Å². The highest BCUT2D eigenvalue weighted by Gasteiger charge is 2.06. The summed E-state index contributed by atoms with van der Waals surface area (Å²) in [5, 5.41) is 9.37. The molecule has 0 fully saturated rings. The average molecular weight is 194 g/mol. The molecule has 0 aliphatic rings. The number of phenolic OH excluding ortho intramolecular Hbond substituents is 1. The Morgan fingerprint density at radius 3 is 2.36 bits per heavy atom. The Kier molecular flexibility index (Phi) is 3.81. The summed E-state index contributed by atoms with van der Waals surface area (Å²) >= 11 is 0. The van der Waals surface area contributed by atoms with E-state index >= 15 is 0 Å². The van der Waals surface area contributed by atoms with Crippen molar-refractivity contribution < 1.29 is 9.84 Å². The van der Waals surface area contributed by atoms with Crippen molar-refractivity contribution in [2.24, 2.45) is 0 Å². The van der Waals surface area contributed by atoms with Crippen LogP contribution in [-0.4, -0.2) is 11.2 Å². The number of hydrogen-bond donors (Lipinski definition) is 1. The molecule has 0 saturated heterocycles. The fourth-order valence-corrected chi connectivity index (χ4v) is 1.44. The Hall–Kier alpha value is -1.18. The molecule has 1 rings (SSSR count). The molecular weight excluding hydrogens is 176 g/mol. The smallest absolute Gasteiger partial charge is 0.123 e. The van der Waals surface area contributed by atoms with Crippen molar-refractivity contribution in [3.05, 3.63) is 23.8 Å². The fraction of sp³-hybridized carbons (Fsp3) is 0.500. The molecule has 0 saturated carbocycles. The van der Waals surface area contributed by atoms with Gasteiger partial charge in [-0.05, 0) is 37.5 Å².